The zero-order valence-corrected chi connectivity index (χ0v) is 19.4. The Labute approximate surface area is 199 Å². The van der Waals surface area contributed by atoms with Crippen LogP contribution in [0.25, 0.3) is 0 Å². The molecule has 7 unspecified atom stereocenters. The molecule has 2 aliphatic heterocycles. The van der Waals surface area contributed by atoms with Crippen molar-refractivity contribution < 1.29 is 33.6 Å². The molecule has 2 aromatic carbocycles. The van der Waals surface area contributed by atoms with Gasteiger partial charge in [0, 0.05) is 12.8 Å². The first-order valence-electron chi connectivity index (χ1n) is 11.8. The van der Waals surface area contributed by atoms with Crippen LogP contribution in [0.3, 0.4) is 0 Å². The SMILES string of the molecule is CC1(Oc2ccccc2)CC(Oc2ccccc2)C2C(CO)C(=O)OC2C2OC2(C)CCC1=O. The molecule has 0 aromatic heterocycles. The molecule has 0 spiro atoms. The van der Waals surface area contributed by atoms with Crippen LogP contribution < -0.4 is 9.47 Å². The van der Waals surface area contributed by atoms with E-state index >= 15 is 0 Å². The molecule has 180 valence electrons. The van der Waals surface area contributed by atoms with Gasteiger partial charge < -0.3 is 24.1 Å². The molecule has 1 N–H and O–H groups in total. The summed E-state index contributed by atoms with van der Waals surface area (Å²) in [5.41, 5.74) is -1.79. The van der Waals surface area contributed by atoms with Crippen LogP contribution in [0, 0.1) is 11.8 Å². The summed E-state index contributed by atoms with van der Waals surface area (Å²) < 4.78 is 24.5. The smallest absolute Gasteiger partial charge is 0.312 e. The topological polar surface area (TPSA) is 94.6 Å². The van der Waals surface area contributed by atoms with Crippen LogP contribution in [-0.4, -0.2) is 53.0 Å². The van der Waals surface area contributed by atoms with Gasteiger partial charge in [0.05, 0.1) is 24.0 Å². The molecule has 7 atom stereocenters. The van der Waals surface area contributed by atoms with Crippen LogP contribution in [0.4, 0.5) is 0 Å². The largest absolute Gasteiger partial charge is 0.490 e. The Morgan fingerprint density at radius 1 is 1.00 bits per heavy atom. The van der Waals surface area contributed by atoms with Gasteiger partial charge in [-0.1, -0.05) is 36.4 Å². The van der Waals surface area contributed by atoms with Crippen LogP contribution in [0.2, 0.25) is 0 Å². The fraction of sp³-hybridized carbons (Fsp3) is 0.481. The van der Waals surface area contributed by atoms with Crippen molar-refractivity contribution in [3.63, 3.8) is 0 Å². The molecule has 7 nitrogen and oxygen atoms in total. The van der Waals surface area contributed by atoms with Gasteiger partial charge in [-0.3, -0.25) is 9.59 Å². The summed E-state index contributed by atoms with van der Waals surface area (Å²) >= 11 is 0. The number of esters is 1. The Morgan fingerprint density at radius 3 is 2.29 bits per heavy atom. The minimum absolute atomic E-state index is 0.0577. The van der Waals surface area contributed by atoms with Crippen molar-refractivity contribution in [2.75, 3.05) is 6.61 Å². The zero-order valence-electron chi connectivity index (χ0n) is 19.4. The van der Waals surface area contributed by atoms with Crippen molar-refractivity contribution >= 4 is 11.8 Å². The maximum Gasteiger partial charge on any atom is 0.312 e. The van der Waals surface area contributed by atoms with Gasteiger partial charge in [0.25, 0.3) is 0 Å². The number of Topliss-reactive ketones (excluding diaryl/α,β-unsaturated/α-hetero) is 1. The third-order valence-corrected chi connectivity index (χ3v) is 7.41. The second-order valence-corrected chi connectivity index (χ2v) is 9.86. The minimum atomic E-state index is -1.21. The maximum atomic E-state index is 13.6. The Bertz CT molecular complexity index is 1040. The first-order chi connectivity index (χ1) is 16.3. The van der Waals surface area contributed by atoms with Gasteiger partial charge in [-0.15, -0.1) is 0 Å². The van der Waals surface area contributed by atoms with Gasteiger partial charge in [0.15, 0.2) is 11.4 Å². The van der Waals surface area contributed by atoms with Crippen molar-refractivity contribution in [1.29, 1.82) is 0 Å². The first-order valence-corrected chi connectivity index (χ1v) is 11.8. The van der Waals surface area contributed by atoms with Crippen molar-refractivity contribution in [2.45, 2.75) is 62.6 Å². The van der Waals surface area contributed by atoms with Crippen LogP contribution in [-0.2, 0) is 19.1 Å². The molecule has 34 heavy (non-hydrogen) atoms. The molecule has 2 saturated heterocycles. The number of carbonyl (C=O) groups is 2. The fourth-order valence-electron chi connectivity index (χ4n) is 5.39. The highest BCUT2D eigenvalue weighted by Gasteiger charge is 2.66. The fourth-order valence-corrected chi connectivity index (χ4v) is 5.39. The Balaban J connectivity index is 1.56. The normalized spacial score (nSPS) is 37.2. The van der Waals surface area contributed by atoms with Crippen LogP contribution in [0.1, 0.15) is 33.1 Å². The molecule has 2 aromatic rings. The molecule has 0 radical (unpaired) electrons. The van der Waals surface area contributed by atoms with E-state index in [4.69, 9.17) is 18.9 Å². The maximum absolute atomic E-state index is 13.6. The lowest BCUT2D eigenvalue weighted by molar-refractivity contribution is -0.145. The number of benzene rings is 2. The van der Waals surface area contributed by atoms with E-state index in [1.54, 1.807) is 6.92 Å². The predicted octanol–water partition coefficient (Wildman–Crippen LogP) is 3.33. The number of hydrogen-bond acceptors (Lipinski definition) is 7. The molecule has 3 aliphatic rings. The van der Waals surface area contributed by atoms with E-state index in [1.807, 2.05) is 67.6 Å². The molecule has 1 aliphatic carbocycles. The quantitative estimate of drug-likeness (QED) is 0.534. The molecule has 7 heteroatoms. The highest BCUT2D eigenvalue weighted by molar-refractivity contribution is 5.87. The molecule has 3 fully saturated rings. The number of hydrogen-bond donors (Lipinski definition) is 1. The van der Waals surface area contributed by atoms with E-state index in [2.05, 4.69) is 0 Å². The van der Waals surface area contributed by atoms with Gasteiger partial charge in [0.1, 0.15) is 29.8 Å². The number of aliphatic hydroxyl groups excluding tert-OH is 1. The van der Waals surface area contributed by atoms with E-state index in [0.29, 0.717) is 17.9 Å². The molecule has 2 heterocycles. The summed E-state index contributed by atoms with van der Waals surface area (Å²) in [5.74, 6) is -0.620. The van der Waals surface area contributed by atoms with Gasteiger partial charge in [-0.25, -0.2) is 0 Å². The molecule has 0 amide bonds. The summed E-state index contributed by atoms with van der Waals surface area (Å²) in [4.78, 5) is 26.3. The average molecular weight is 467 g/mol. The molecule has 5 rings (SSSR count). The van der Waals surface area contributed by atoms with E-state index in [-0.39, 0.29) is 31.3 Å². The minimum Gasteiger partial charge on any atom is -0.490 e. The third-order valence-electron chi connectivity index (χ3n) is 7.41. The van der Waals surface area contributed by atoms with Crippen LogP contribution in [0.5, 0.6) is 11.5 Å². The van der Waals surface area contributed by atoms with Crippen LogP contribution >= 0.6 is 0 Å². The Kier molecular flexibility index (Phi) is 5.86. The standard InChI is InChI=1S/C27H30O7/c1-26-14-13-21(29)27(2,33-18-11-7-4-8-12-18)15-20(31-17-9-5-3-6-10-17)22-19(16-28)25(30)32-23(22)24(26)34-26/h3-12,19-20,22-24,28H,13-16H2,1-2H3. The Morgan fingerprint density at radius 2 is 1.65 bits per heavy atom. The summed E-state index contributed by atoms with van der Waals surface area (Å²) in [6.45, 7) is 3.34. The van der Waals surface area contributed by atoms with Crippen LogP contribution in [0.15, 0.2) is 60.7 Å². The summed E-state index contributed by atoms with van der Waals surface area (Å²) in [6.07, 6.45) is -0.597. The van der Waals surface area contributed by atoms with E-state index in [1.165, 1.54) is 0 Å². The number of para-hydroxylation sites is 2. The van der Waals surface area contributed by atoms with Crippen molar-refractivity contribution in [2.24, 2.45) is 11.8 Å². The van der Waals surface area contributed by atoms with Gasteiger partial charge in [-0.2, -0.15) is 0 Å². The molecule has 0 bridgehead atoms. The number of ketones is 1. The average Bonchev–Trinajstić information content (AvgIpc) is 3.39. The Hall–Kier alpha value is -2.90. The highest BCUT2D eigenvalue weighted by atomic mass is 16.6. The number of fused-ring (bicyclic) bond motifs is 3. The number of ether oxygens (including phenoxy) is 4. The van der Waals surface area contributed by atoms with E-state index in [0.717, 1.165) is 0 Å². The van der Waals surface area contributed by atoms with Crippen molar-refractivity contribution in [1.82, 2.24) is 0 Å². The second kappa shape index (κ2) is 8.71. The number of carbonyl (C=O) groups excluding carboxylic acids is 2. The summed E-state index contributed by atoms with van der Waals surface area (Å²) in [5, 5.41) is 10.1. The summed E-state index contributed by atoms with van der Waals surface area (Å²) in [6, 6.07) is 18.5. The third kappa shape index (κ3) is 4.18. The highest BCUT2D eigenvalue weighted by Crippen LogP contribution is 2.51. The molecule has 1 saturated carbocycles. The van der Waals surface area contributed by atoms with Gasteiger partial charge >= 0.3 is 5.97 Å². The predicted molar refractivity (Wildman–Crippen MR) is 122 cm³/mol. The zero-order chi connectivity index (χ0) is 23.9. The van der Waals surface area contributed by atoms with Gasteiger partial charge in [0.2, 0.25) is 0 Å². The first kappa shape index (κ1) is 22.9. The monoisotopic (exact) mass is 466 g/mol. The van der Waals surface area contributed by atoms with Gasteiger partial charge in [-0.05, 0) is 44.5 Å². The van der Waals surface area contributed by atoms with E-state index in [9.17, 15) is 14.7 Å². The number of aliphatic hydroxyl groups is 1. The number of rotatable bonds is 5. The van der Waals surface area contributed by atoms with E-state index < -0.39 is 41.2 Å². The summed E-state index contributed by atoms with van der Waals surface area (Å²) in [7, 11) is 0. The lowest BCUT2D eigenvalue weighted by atomic mass is 9.75. The number of epoxide rings is 1. The molecular formula is C27H30O7. The van der Waals surface area contributed by atoms with Crippen molar-refractivity contribution in [3.05, 3.63) is 60.7 Å². The van der Waals surface area contributed by atoms with Crippen molar-refractivity contribution in [3.8, 4) is 11.5 Å². The molecular weight excluding hydrogens is 436 g/mol. The lowest BCUT2D eigenvalue weighted by Gasteiger charge is -2.37. The second-order valence-electron chi connectivity index (χ2n) is 9.86. The lowest BCUT2D eigenvalue weighted by Crippen LogP contribution is -2.51.